The molecule has 4 rings (SSSR count). The monoisotopic (exact) mass is 350 g/mol. The lowest BCUT2D eigenvalue weighted by Gasteiger charge is -2.16. The molecule has 0 aromatic heterocycles. The summed E-state index contributed by atoms with van der Waals surface area (Å²) in [6.07, 6.45) is 0.242. The number of hydrogen-bond acceptors (Lipinski definition) is 1. The van der Waals surface area contributed by atoms with Crippen LogP contribution >= 0.6 is 31.9 Å². The Labute approximate surface area is 116 Å². The molecule has 2 aliphatic heterocycles. The molecule has 0 saturated carbocycles. The highest BCUT2D eigenvalue weighted by molar-refractivity contribution is 9.13. The molecule has 1 nitrogen and oxygen atoms in total. The molecule has 2 aliphatic rings. The molecule has 0 fully saturated rings. The van der Waals surface area contributed by atoms with E-state index < -0.39 is 0 Å². The van der Waals surface area contributed by atoms with E-state index >= 15 is 0 Å². The Morgan fingerprint density at radius 3 is 1.71 bits per heavy atom. The van der Waals surface area contributed by atoms with Crippen LogP contribution in [0, 0.1) is 0 Å². The quantitative estimate of drug-likeness (QED) is 0.666. The fraction of sp³-hybridized carbons (Fsp3) is 0.143. The van der Waals surface area contributed by atoms with Crippen molar-refractivity contribution in [2.24, 2.45) is 0 Å². The molecule has 0 saturated heterocycles. The van der Waals surface area contributed by atoms with Crippen molar-refractivity contribution >= 4 is 31.9 Å². The topological polar surface area (TPSA) is 9.23 Å². The zero-order chi connectivity index (χ0) is 11.6. The van der Waals surface area contributed by atoms with Gasteiger partial charge < -0.3 is 4.74 Å². The Balaban J connectivity index is 1.99. The van der Waals surface area contributed by atoms with Crippen LogP contribution in [-0.2, 0) is 4.74 Å². The molecule has 84 valence electrons. The van der Waals surface area contributed by atoms with Crippen molar-refractivity contribution in [1.29, 1.82) is 0 Å². The molecule has 2 bridgehead atoms. The van der Waals surface area contributed by atoms with Gasteiger partial charge in [0.2, 0.25) is 0 Å². The van der Waals surface area contributed by atoms with Gasteiger partial charge in [0.05, 0.1) is 0 Å². The second-order valence-corrected chi connectivity index (χ2v) is 6.13. The van der Waals surface area contributed by atoms with Gasteiger partial charge in [-0.25, -0.2) is 0 Å². The number of halogens is 2. The SMILES string of the molecule is Brc1cc2c(cc1Br)C1OC2c2ccccc21. The first kappa shape index (κ1) is 10.3. The number of hydrogen-bond donors (Lipinski definition) is 0. The maximum atomic E-state index is 6.08. The molecule has 2 aromatic rings. The third-order valence-corrected chi connectivity index (χ3v) is 5.37. The van der Waals surface area contributed by atoms with E-state index in [1.165, 1.54) is 22.3 Å². The highest BCUT2D eigenvalue weighted by Crippen LogP contribution is 2.55. The molecule has 2 atom stereocenters. The minimum Gasteiger partial charge on any atom is -0.356 e. The maximum Gasteiger partial charge on any atom is 0.110 e. The minimum absolute atomic E-state index is 0.121. The van der Waals surface area contributed by atoms with Gasteiger partial charge in [-0.2, -0.15) is 0 Å². The molecule has 17 heavy (non-hydrogen) atoms. The second kappa shape index (κ2) is 3.44. The average Bonchev–Trinajstić information content (AvgIpc) is 2.87. The van der Waals surface area contributed by atoms with Crippen molar-refractivity contribution in [1.82, 2.24) is 0 Å². The number of fused-ring (bicyclic) bond motifs is 8. The van der Waals surface area contributed by atoms with Crippen molar-refractivity contribution in [3.8, 4) is 0 Å². The van der Waals surface area contributed by atoms with Gasteiger partial charge in [-0.3, -0.25) is 0 Å². The Bertz CT molecular complexity index is 582. The van der Waals surface area contributed by atoms with Gasteiger partial charge in [0, 0.05) is 8.95 Å². The fourth-order valence-corrected chi connectivity index (χ4v) is 3.51. The van der Waals surface area contributed by atoms with E-state index in [4.69, 9.17) is 4.74 Å². The summed E-state index contributed by atoms with van der Waals surface area (Å²) in [5, 5.41) is 0. The van der Waals surface area contributed by atoms with Gasteiger partial charge in [-0.15, -0.1) is 0 Å². The summed E-state index contributed by atoms with van der Waals surface area (Å²) in [7, 11) is 0. The van der Waals surface area contributed by atoms with Crippen LogP contribution in [0.25, 0.3) is 0 Å². The fourth-order valence-electron chi connectivity index (χ4n) is 2.78. The number of ether oxygens (including phenoxy) is 1. The predicted octanol–water partition coefficient (Wildman–Crippen LogP) is 4.73. The van der Waals surface area contributed by atoms with Crippen molar-refractivity contribution in [2.75, 3.05) is 0 Å². The minimum atomic E-state index is 0.121. The average molecular weight is 352 g/mol. The van der Waals surface area contributed by atoms with Crippen LogP contribution in [0.5, 0.6) is 0 Å². The van der Waals surface area contributed by atoms with E-state index in [-0.39, 0.29) is 12.2 Å². The highest BCUT2D eigenvalue weighted by Gasteiger charge is 2.42. The summed E-state index contributed by atoms with van der Waals surface area (Å²) in [5.74, 6) is 0. The van der Waals surface area contributed by atoms with E-state index in [1.54, 1.807) is 0 Å². The summed E-state index contributed by atoms with van der Waals surface area (Å²) in [6, 6.07) is 12.8. The van der Waals surface area contributed by atoms with Crippen LogP contribution in [0.4, 0.5) is 0 Å². The molecule has 0 aliphatic carbocycles. The van der Waals surface area contributed by atoms with E-state index in [1.807, 2.05) is 0 Å². The molecular weight excluding hydrogens is 344 g/mol. The van der Waals surface area contributed by atoms with Crippen molar-refractivity contribution in [2.45, 2.75) is 12.2 Å². The Morgan fingerprint density at radius 2 is 1.24 bits per heavy atom. The molecule has 0 spiro atoms. The Kier molecular flexibility index (Phi) is 2.08. The van der Waals surface area contributed by atoms with E-state index in [0.29, 0.717) is 0 Å². The largest absolute Gasteiger partial charge is 0.356 e. The van der Waals surface area contributed by atoms with Crippen molar-refractivity contribution in [3.63, 3.8) is 0 Å². The lowest BCUT2D eigenvalue weighted by Crippen LogP contribution is -2.02. The van der Waals surface area contributed by atoms with Crippen molar-refractivity contribution in [3.05, 3.63) is 67.6 Å². The van der Waals surface area contributed by atoms with Crippen LogP contribution in [0.3, 0.4) is 0 Å². The summed E-state index contributed by atoms with van der Waals surface area (Å²) in [6.45, 7) is 0. The number of benzene rings is 2. The lowest BCUT2D eigenvalue weighted by atomic mass is 9.86. The third-order valence-electron chi connectivity index (χ3n) is 3.52. The molecule has 3 heteroatoms. The van der Waals surface area contributed by atoms with E-state index in [9.17, 15) is 0 Å². The second-order valence-electron chi connectivity index (χ2n) is 4.42. The molecular formula is C14H8Br2O. The molecule has 2 heterocycles. The molecule has 0 radical (unpaired) electrons. The van der Waals surface area contributed by atoms with Crippen molar-refractivity contribution < 1.29 is 4.74 Å². The van der Waals surface area contributed by atoms with Gasteiger partial charge in [0.1, 0.15) is 12.2 Å². The molecule has 0 amide bonds. The van der Waals surface area contributed by atoms with Gasteiger partial charge in [-0.1, -0.05) is 24.3 Å². The van der Waals surface area contributed by atoms with Crippen LogP contribution < -0.4 is 0 Å². The normalized spacial score (nSPS) is 23.6. The predicted molar refractivity (Wildman–Crippen MR) is 73.1 cm³/mol. The maximum absolute atomic E-state index is 6.08. The van der Waals surface area contributed by atoms with Gasteiger partial charge in [0.25, 0.3) is 0 Å². The molecule has 2 aromatic carbocycles. The Hall–Kier alpha value is -0.640. The first-order chi connectivity index (χ1) is 8.25. The number of rotatable bonds is 0. The summed E-state index contributed by atoms with van der Waals surface area (Å²) in [4.78, 5) is 0. The summed E-state index contributed by atoms with van der Waals surface area (Å²) < 4.78 is 8.26. The third kappa shape index (κ3) is 1.28. The van der Waals surface area contributed by atoms with Gasteiger partial charge in [-0.05, 0) is 66.2 Å². The zero-order valence-corrected chi connectivity index (χ0v) is 12.0. The first-order valence-electron chi connectivity index (χ1n) is 5.49. The first-order valence-corrected chi connectivity index (χ1v) is 7.07. The van der Waals surface area contributed by atoms with Crippen LogP contribution in [0.1, 0.15) is 34.5 Å². The van der Waals surface area contributed by atoms with E-state index in [2.05, 4.69) is 68.3 Å². The zero-order valence-electron chi connectivity index (χ0n) is 8.78. The molecule has 0 N–H and O–H groups in total. The summed E-state index contributed by atoms with van der Waals surface area (Å²) >= 11 is 7.12. The van der Waals surface area contributed by atoms with Gasteiger partial charge in [0.15, 0.2) is 0 Å². The lowest BCUT2D eigenvalue weighted by molar-refractivity contribution is 0.0857. The van der Waals surface area contributed by atoms with Crippen LogP contribution in [0.15, 0.2) is 45.3 Å². The molecule has 2 unspecified atom stereocenters. The van der Waals surface area contributed by atoms with E-state index in [0.717, 1.165) is 8.95 Å². The van der Waals surface area contributed by atoms with Gasteiger partial charge >= 0.3 is 0 Å². The van der Waals surface area contributed by atoms with Crippen LogP contribution in [0.2, 0.25) is 0 Å². The summed E-state index contributed by atoms with van der Waals surface area (Å²) in [5.41, 5.74) is 5.23. The highest BCUT2D eigenvalue weighted by atomic mass is 79.9. The smallest absolute Gasteiger partial charge is 0.110 e. The van der Waals surface area contributed by atoms with Crippen LogP contribution in [-0.4, -0.2) is 0 Å². The Morgan fingerprint density at radius 1 is 0.765 bits per heavy atom. The standard InChI is InChI=1S/C14H8Br2O/c15-11-5-9-10(6-12(11)16)14-8-4-2-1-3-7(8)13(9)17-14/h1-6,13-14H.